The molecule has 0 amide bonds. The van der Waals surface area contributed by atoms with E-state index < -0.39 is 0 Å². The van der Waals surface area contributed by atoms with Crippen molar-refractivity contribution in [1.82, 2.24) is 0 Å². The summed E-state index contributed by atoms with van der Waals surface area (Å²) in [6.45, 7) is 4.25. The van der Waals surface area contributed by atoms with Crippen LogP contribution in [0.2, 0.25) is 0 Å². The second kappa shape index (κ2) is 7.17. The quantitative estimate of drug-likeness (QED) is 0.714. The Morgan fingerprint density at radius 2 is 2.00 bits per heavy atom. The predicted octanol–water partition coefficient (Wildman–Crippen LogP) is 3.02. The standard InChI is InChI=1S/C8H8N2.C3H8/c1-10-8-4-2-3-7(5-8)6-9;1-3-2/h2-5,10H,1H3;3H2,1-2H3. The van der Waals surface area contributed by atoms with Gasteiger partial charge in [0.05, 0.1) is 11.6 Å². The third kappa shape index (κ3) is 4.86. The zero-order chi connectivity index (χ0) is 10.1. The zero-order valence-electron chi connectivity index (χ0n) is 8.46. The molecule has 1 aromatic rings. The Bertz CT molecular complexity index is 274. The Morgan fingerprint density at radius 1 is 1.38 bits per heavy atom. The van der Waals surface area contributed by atoms with Gasteiger partial charge in [-0.1, -0.05) is 26.3 Å². The third-order valence-electron chi connectivity index (χ3n) is 1.28. The molecule has 1 rings (SSSR count). The van der Waals surface area contributed by atoms with E-state index in [4.69, 9.17) is 5.26 Å². The second-order valence-corrected chi connectivity index (χ2v) is 2.65. The van der Waals surface area contributed by atoms with Gasteiger partial charge in [-0.05, 0) is 18.2 Å². The highest BCUT2D eigenvalue weighted by atomic mass is 14.8. The monoisotopic (exact) mass is 176 g/mol. The molecule has 0 aromatic heterocycles. The molecule has 13 heavy (non-hydrogen) atoms. The van der Waals surface area contributed by atoms with Crippen LogP contribution >= 0.6 is 0 Å². The predicted molar refractivity (Wildman–Crippen MR) is 56.7 cm³/mol. The molecule has 1 N–H and O–H groups in total. The second-order valence-electron chi connectivity index (χ2n) is 2.65. The minimum absolute atomic E-state index is 0.687. The first kappa shape index (κ1) is 11.5. The molecule has 70 valence electrons. The molecule has 2 heteroatoms. The van der Waals surface area contributed by atoms with Crippen molar-refractivity contribution in [3.8, 4) is 6.07 Å². The number of hydrogen-bond acceptors (Lipinski definition) is 2. The first-order chi connectivity index (χ1) is 6.28. The molecule has 2 nitrogen and oxygen atoms in total. The fraction of sp³-hybridized carbons (Fsp3) is 0.364. The lowest BCUT2D eigenvalue weighted by molar-refractivity contribution is 1.09. The summed E-state index contributed by atoms with van der Waals surface area (Å²) in [5.41, 5.74) is 1.66. The molecule has 0 bridgehead atoms. The van der Waals surface area contributed by atoms with Crippen molar-refractivity contribution in [2.75, 3.05) is 12.4 Å². The summed E-state index contributed by atoms with van der Waals surface area (Å²) in [4.78, 5) is 0. The number of nitrogens with zero attached hydrogens (tertiary/aromatic N) is 1. The minimum atomic E-state index is 0.687. The Morgan fingerprint density at radius 3 is 2.46 bits per heavy atom. The highest BCUT2D eigenvalue weighted by Gasteiger charge is 1.89. The minimum Gasteiger partial charge on any atom is -0.388 e. The molecule has 0 aliphatic heterocycles. The molecule has 0 spiro atoms. The van der Waals surface area contributed by atoms with E-state index in [0.717, 1.165) is 5.69 Å². The van der Waals surface area contributed by atoms with Gasteiger partial charge >= 0.3 is 0 Å². The van der Waals surface area contributed by atoms with Gasteiger partial charge in [0.15, 0.2) is 0 Å². The van der Waals surface area contributed by atoms with Crippen LogP contribution in [-0.2, 0) is 0 Å². The number of hydrogen-bond donors (Lipinski definition) is 1. The van der Waals surface area contributed by atoms with E-state index in [-0.39, 0.29) is 0 Å². The van der Waals surface area contributed by atoms with Crippen LogP contribution in [0.5, 0.6) is 0 Å². The van der Waals surface area contributed by atoms with E-state index in [0.29, 0.717) is 5.56 Å². The summed E-state index contributed by atoms with van der Waals surface area (Å²) in [6.07, 6.45) is 1.25. The molecule has 1 aromatic carbocycles. The van der Waals surface area contributed by atoms with Gasteiger partial charge in [0.25, 0.3) is 0 Å². The van der Waals surface area contributed by atoms with Gasteiger partial charge in [-0.2, -0.15) is 5.26 Å². The first-order valence-electron chi connectivity index (χ1n) is 4.46. The van der Waals surface area contributed by atoms with Crippen LogP contribution in [0.3, 0.4) is 0 Å². The Labute approximate surface area is 80.2 Å². The summed E-state index contributed by atoms with van der Waals surface area (Å²) in [7, 11) is 1.83. The van der Waals surface area contributed by atoms with Gasteiger partial charge in [0.1, 0.15) is 0 Å². The van der Waals surface area contributed by atoms with Crippen LogP contribution in [0.4, 0.5) is 5.69 Å². The van der Waals surface area contributed by atoms with Crippen LogP contribution in [0.25, 0.3) is 0 Å². The van der Waals surface area contributed by atoms with Gasteiger partial charge in [0, 0.05) is 12.7 Å². The number of nitriles is 1. The van der Waals surface area contributed by atoms with Gasteiger partial charge < -0.3 is 5.32 Å². The first-order valence-corrected chi connectivity index (χ1v) is 4.46. The Kier molecular flexibility index (Phi) is 6.35. The summed E-state index contributed by atoms with van der Waals surface area (Å²) in [6, 6.07) is 9.41. The molecule has 0 fully saturated rings. The smallest absolute Gasteiger partial charge is 0.0992 e. The van der Waals surface area contributed by atoms with Gasteiger partial charge in [0.2, 0.25) is 0 Å². The van der Waals surface area contributed by atoms with Crippen molar-refractivity contribution < 1.29 is 0 Å². The van der Waals surface area contributed by atoms with Gasteiger partial charge in [-0.25, -0.2) is 0 Å². The molecular weight excluding hydrogens is 160 g/mol. The van der Waals surface area contributed by atoms with E-state index in [9.17, 15) is 0 Å². The summed E-state index contributed by atoms with van der Waals surface area (Å²) in [5, 5.41) is 11.4. The molecule has 0 saturated carbocycles. The lowest BCUT2D eigenvalue weighted by Gasteiger charge is -1.96. The molecule has 0 radical (unpaired) electrons. The van der Waals surface area contributed by atoms with Gasteiger partial charge in [-0.3, -0.25) is 0 Å². The van der Waals surface area contributed by atoms with E-state index in [1.807, 2.05) is 19.2 Å². The molecule has 0 heterocycles. The normalized spacial score (nSPS) is 7.85. The SMILES string of the molecule is CCC.CNc1cccc(C#N)c1. The molecule has 0 aliphatic rings. The van der Waals surface area contributed by atoms with Crippen molar-refractivity contribution in [2.45, 2.75) is 20.3 Å². The number of rotatable bonds is 1. The third-order valence-corrected chi connectivity index (χ3v) is 1.28. The topological polar surface area (TPSA) is 35.8 Å². The van der Waals surface area contributed by atoms with Crippen molar-refractivity contribution >= 4 is 5.69 Å². The lowest BCUT2D eigenvalue weighted by Crippen LogP contribution is -1.86. The highest BCUT2D eigenvalue weighted by molar-refractivity contribution is 5.48. The van der Waals surface area contributed by atoms with Crippen LogP contribution in [0.1, 0.15) is 25.8 Å². The van der Waals surface area contributed by atoms with E-state index in [1.54, 1.807) is 12.1 Å². The van der Waals surface area contributed by atoms with Crippen molar-refractivity contribution in [2.24, 2.45) is 0 Å². The van der Waals surface area contributed by atoms with E-state index in [2.05, 4.69) is 25.2 Å². The summed E-state index contributed by atoms with van der Waals surface area (Å²) < 4.78 is 0. The maximum Gasteiger partial charge on any atom is 0.0992 e. The van der Waals surface area contributed by atoms with E-state index >= 15 is 0 Å². The summed E-state index contributed by atoms with van der Waals surface area (Å²) in [5.74, 6) is 0. The fourth-order valence-corrected chi connectivity index (χ4v) is 0.744. The molecular formula is C11H16N2. The van der Waals surface area contributed by atoms with Crippen LogP contribution in [0.15, 0.2) is 24.3 Å². The number of anilines is 1. The summed E-state index contributed by atoms with van der Waals surface area (Å²) >= 11 is 0. The highest BCUT2D eigenvalue weighted by Crippen LogP contribution is 2.07. The maximum atomic E-state index is 8.48. The van der Waals surface area contributed by atoms with Crippen LogP contribution in [-0.4, -0.2) is 7.05 Å². The number of nitrogens with one attached hydrogen (secondary N) is 1. The van der Waals surface area contributed by atoms with Crippen molar-refractivity contribution in [3.05, 3.63) is 29.8 Å². The lowest BCUT2D eigenvalue weighted by atomic mass is 10.2. The number of benzene rings is 1. The average Bonchev–Trinajstić information content (AvgIpc) is 2.19. The van der Waals surface area contributed by atoms with Crippen molar-refractivity contribution in [3.63, 3.8) is 0 Å². The van der Waals surface area contributed by atoms with Crippen molar-refractivity contribution in [1.29, 1.82) is 5.26 Å². The Hall–Kier alpha value is -1.49. The molecule has 0 saturated heterocycles. The molecule has 0 atom stereocenters. The molecule has 0 unspecified atom stereocenters. The Balaban J connectivity index is 0.000000424. The van der Waals surface area contributed by atoms with Crippen LogP contribution in [0, 0.1) is 11.3 Å². The molecule has 0 aliphatic carbocycles. The average molecular weight is 176 g/mol. The maximum absolute atomic E-state index is 8.48. The largest absolute Gasteiger partial charge is 0.388 e. The van der Waals surface area contributed by atoms with Crippen LogP contribution < -0.4 is 5.32 Å². The zero-order valence-corrected chi connectivity index (χ0v) is 8.46. The fourth-order valence-electron chi connectivity index (χ4n) is 0.744. The van der Waals surface area contributed by atoms with Gasteiger partial charge in [-0.15, -0.1) is 0 Å². The van der Waals surface area contributed by atoms with E-state index in [1.165, 1.54) is 6.42 Å².